The number of likely N-dealkylation sites (tertiary alicyclic amines) is 1. The summed E-state index contributed by atoms with van der Waals surface area (Å²) in [5, 5.41) is 1.29. The minimum absolute atomic E-state index is 0.932. The molecule has 1 aromatic carbocycles. The highest BCUT2D eigenvalue weighted by Gasteiger charge is 2.13. The Labute approximate surface area is 108 Å². The Morgan fingerprint density at radius 2 is 2.06 bits per heavy atom. The van der Waals surface area contributed by atoms with E-state index in [0.717, 1.165) is 12.3 Å². The number of piperidine rings is 1. The Morgan fingerprint density at radius 1 is 1.22 bits per heavy atom. The van der Waals surface area contributed by atoms with Gasteiger partial charge in [0.2, 0.25) is 0 Å². The number of nitrogens with zero attached hydrogens (tertiary/aromatic N) is 1. The van der Waals surface area contributed by atoms with E-state index in [4.69, 9.17) is 4.74 Å². The van der Waals surface area contributed by atoms with Gasteiger partial charge >= 0.3 is 0 Å². The molecule has 0 amide bonds. The topological polar surface area (TPSA) is 28.3 Å². The predicted molar refractivity (Wildman–Crippen MR) is 74.0 cm³/mol. The lowest BCUT2D eigenvalue weighted by atomic mass is 10.1. The van der Waals surface area contributed by atoms with E-state index < -0.39 is 0 Å². The number of rotatable bonds is 3. The molecule has 2 aromatic rings. The first-order valence-electron chi connectivity index (χ1n) is 6.73. The van der Waals surface area contributed by atoms with Crippen LogP contribution in [0.2, 0.25) is 0 Å². The van der Waals surface area contributed by atoms with E-state index in [1.807, 2.05) is 6.07 Å². The fraction of sp³-hybridized carbons (Fsp3) is 0.467. The van der Waals surface area contributed by atoms with Gasteiger partial charge in [0.05, 0.1) is 7.11 Å². The van der Waals surface area contributed by atoms with Crippen molar-refractivity contribution in [3.63, 3.8) is 0 Å². The highest BCUT2D eigenvalue weighted by atomic mass is 16.5. The van der Waals surface area contributed by atoms with Crippen LogP contribution in [-0.2, 0) is 6.54 Å². The molecule has 96 valence electrons. The van der Waals surface area contributed by atoms with Gasteiger partial charge in [0.1, 0.15) is 5.75 Å². The number of fused-ring (bicyclic) bond motifs is 1. The summed E-state index contributed by atoms with van der Waals surface area (Å²) >= 11 is 0. The summed E-state index contributed by atoms with van der Waals surface area (Å²) in [6.07, 6.45) is 6.20. The fourth-order valence-electron chi connectivity index (χ4n) is 2.77. The smallest absolute Gasteiger partial charge is 0.119 e. The van der Waals surface area contributed by atoms with Crippen LogP contribution < -0.4 is 4.74 Å². The van der Waals surface area contributed by atoms with Gasteiger partial charge in [-0.1, -0.05) is 6.42 Å². The highest BCUT2D eigenvalue weighted by molar-refractivity contribution is 5.84. The van der Waals surface area contributed by atoms with Crippen LogP contribution in [0.3, 0.4) is 0 Å². The van der Waals surface area contributed by atoms with Crippen molar-refractivity contribution in [2.24, 2.45) is 0 Å². The van der Waals surface area contributed by atoms with E-state index in [-0.39, 0.29) is 0 Å². The van der Waals surface area contributed by atoms with Gasteiger partial charge in [0, 0.05) is 23.6 Å². The summed E-state index contributed by atoms with van der Waals surface area (Å²) in [5.41, 5.74) is 2.58. The number of methoxy groups -OCH3 is 1. The van der Waals surface area contributed by atoms with Crippen LogP contribution in [-0.4, -0.2) is 30.1 Å². The van der Waals surface area contributed by atoms with Gasteiger partial charge in [0.25, 0.3) is 0 Å². The molecule has 0 saturated carbocycles. The van der Waals surface area contributed by atoms with Crippen molar-refractivity contribution < 1.29 is 4.74 Å². The maximum atomic E-state index is 5.31. The minimum Gasteiger partial charge on any atom is -0.497 e. The number of aromatic nitrogens is 1. The van der Waals surface area contributed by atoms with Crippen molar-refractivity contribution >= 4 is 10.9 Å². The maximum absolute atomic E-state index is 5.31. The second-order valence-electron chi connectivity index (χ2n) is 5.06. The van der Waals surface area contributed by atoms with Crippen LogP contribution in [0, 0.1) is 0 Å². The van der Waals surface area contributed by atoms with E-state index >= 15 is 0 Å². The van der Waals surface area contributed by atoms with E-state index in [9.17, 15) is 0 Å². The van der Waals surface area contributed by atoms with Gasteiger partial charge in [0.15, 0.2) is 0 Å². The van der Waals surface area contributed by atoms with Gasteiger partial charge in [-0.15, -0.1) is 0 Å². The molecule has 1 aromatic heterocycles. The molecule has 2 heterocycles. The lowest BCUT2D eigenvalue weighted by Crippen LogP contribution is -2.28. The fourth-order valence-corrected chi connectivity index (χ4v) is 2.77. The number of nitrogens with one attached hydrogen (secondary N) is 1. The SMILES string of the molecule is COc1ccc2[nH]cc(CN3CCCCC3)c2c1. The summed E-state index contributed by atoms with van der Waals surface area (Å²) in [4.78, 5) is 5.89. The standard InChI is InChI=1S/C15H20N2O/c1-18-13-5-6-15-14(9-13)12(10-16-15)11-17-7-3-2-4-8-17/h5-6,9-10,16H,2-4,7-8,11H2,1H3. The summed E-state index contributed by atoms with van der Waals surface area (Å²) in [6, 6.07) is 6.22. The van der Waals surface area contributed by atoms with E-state index in [1.165, 1.54) is 48.8 Å². The lowest BCUT2D eigenvalue weighted by molar-refractivity contribution is 0.221. The second-order valence-corrected chi connectivity index (χ2v) is 5.06. The van der Waals surface area contributed by atoms with Crippen molar-refractivity contribution in [1.82, 2.24) is 9.88 Å². The lowest BCUT2D eigenvalue weighted by Gasteiger charge is -2.26. The molecule has 3 heteroatoms. The Morgan fingerprint density at radius 3 is 2.83 bits per heavy atom. The molecule has 0 unspecified atom stereocenters. The molecule has 0 aliphatic carbocycles. The van der Waals surface area contributed by atoms with Crippen LogP contribution in [0.15, 0.2) is 24.4 Å². The molecular weight excluding hydrogens is 224 g/mol. The van der Waals surface area contributed by atoms with Crippen LogP contribution in [0.4, 0.5) is 0 Å². The molecule has 1 aliphatic rings. The number of H-pyrrole nitrogens is 1. The zero-order valence-electron chi connectivity index (χ0n) is 10.9. The van der Waals surface area contributed by atoms with E-state index in [1.54, 1.807) is 7.11 Å². The molecule has 1 saturated heterocycles. The average molecular weight is 244 g/mol. The predicted octanol–water partition coefficient (Wildman–Crippen LogP) is 3.16. The highest BCUT2D eigenvalue weighted by Crippen LogP contribution is 2.25. The molecule has 1 N–H and O–H groups in total. The van der Waals surface area contributed by atoms with Gasteiger partial charge in [-0.3, -0.25) is 4.90 Å². The number of benzene rings is 1. The molecule has 1 fully saturated rings. The Balaban J connectivity index is 1.86. The van der Waals surface area contributed by atoms with Gasteiger partial charge in [-0.2, -0.15) is 0 Å². The number of aromatic amines is 1. The first-order chi connectivity index (χ1) is 8.86. The Kier molecular flexibility index (Phi) is 3.24. The van der Waals surface area contributed by atoms with Crippen LogP contribution in [0.1, 0.15) is 24.8 Å². The van der Waals surface area contributed by atoms with Gasteiger partial charge in [-0.05, 0) is 49.7 Å². The zero-order valence-corrected chi connectivity index (χ0v) is 10.9. The molecule has 0 spiro atoms. The monoisotopic (exact) mass is 244 g/mol. The van der Waals surface area contributed by atoms with Gasteiger partial charge in [-0.25, -0.2) is 0 Å². The quantitative estimate of drug-likeness (QED) is 0.898. The molecule has 1 aliphatic heterocycles. The van der Waals surface area contributed by atoms with Crippen LogP contribution in [0.25, 0.3) is 10.9 Å². The Hall–Kier alpha value is -1.48. The number of hydrogen-bond donors (Lipinski definition) is 1. The number of ether oxygens (including phenoxy) is 1. The molecule has 0 bridgehead atoms. The summed E-state index contributed by atoms with van der Waals surface area (Å²) in [6.45, 7) is 3.51. The maximum Gasteiger partial charge on any atom is 0.119 e. The molecule has 0 radical (unpaired) electrons. The first kappa shape index (κ1) is 11.6. The molecular formula is C15H20N2O. The van der Waals surface area contributed by atoms with Crippen molar-refractivity contribution in [2.45, 2.75) is 25.8 Å². The third kappa shape index (κ3) is 2.23. The van der Waals surface area contributed by atoms with Crippen LogP contribution in [0.5, 0.6) is 5.75 Å². The third-order valence-corrected chi connectivity index (χ3v) is 3.82. The third-order valence-electron chi connectivity index (χ3n) is 3.82. The molecule has 0 atom stereocenters. The molecule has 3 nitrogen and oxygen atoms in total. The van der Waals surface area contributed by atoms with Crippen LogP contribution >= 0.6 is 0 Å². The Bertz CT molecular complexity index is 526. The summed E-state index contributed by atoms with van der Waals surface area (Å²) in [5.74, 6) is 0.932. The van der Waals surface area contributed by atoms with Crippen molar-refractivity contribution in [3.05, 3.63) is 30.0 Å². The van der Waals surface area contributed by atoms with Crippen molar-refractivity contribution in [3.8, 4) is 5.75 Å². The molecule has 3 rings (SSSR count). The zero-order chi connectivity index (χ0) is 12.4. The summed E-state index contributed by atoms with van der Waals surface area (Å²) in [7, 11) is 1.72. The average Bonchev–Trinajstić information content (AvgIpc) is 2.82. The van der Waals surface area contributed by atoms with E-state index in [0.29, 0.717) is 0 Å². The molecule has 18 heavy (non-hydrogen) atoms. The van der Waals surface area contributed by atoms with Gasteiger partial charge < -0.3 is 9.72 Å². The minimum atomic E-state index is 0.932. The van der Waals surface area contributed by atoms with Crippen molar-refractivity contribution in [2.75, 3.05) is 20.2 Å². The number of hydrogen-bond acceptors (Lipinski definition) is 2. The first-order valence-corrected chi connectivity index (χ1v) is 6.73. The second kappa shape index (κ2) is 5.02. The summed E-state index contributed by atoms with van der Waals surface area (Å²) < 4.78 is 5.31. The van der Waals surface area contributed by atoms with E-state index in [2.05, 4.69) is 28.2 Å². The van der Waals surface area contributed by atoms with Crippen molar-refractivity contribution in [1.29, 1.82) is 0 Å². The normalized spacial score (nSPS) is 17.2. The largest absolute Gasteiger partial charge is 0.497 e.